The van der Waals surface area contributed by atoms with Gasteiger partial charge in [-0.3, -0.25) is 19.9 Å². The van der Waals surface area contributed by atoms with Crippen LogP contribution in [0.2, 0.25) is 0 Å². The zero-order valence-electron chi connectivity index (χ0n) is 19.7. The fraction of sp³-hybridized carbons (Fsp3) is 0.708. The average molecular weight is 460 g/mol. The normalized spacial score (nSPS) is 29.8. The van der Waals surface area contributed by atoms with Crippen LogP contribution in [0.25, 0.3) is 0 Å². The summed E-state index contributed by atoms with van der Waals surface area (Å²) in [4.78, 5) is 45.4. The molecule has 1 aromatic heterocycles. The maximum Gasteiger partial charge on any atom is 0.329 e. The molecule has 0 N–H and O–H groups in total. The van der Waals surface area contributed by atoms with Crippen LogP contribution in [-0.2, 0) is 19.1 Å². The van der Waals surface area contributed by atoms with E-state index in [4.69, 9.17) is 9.47 Å². The van der Waals surface area contributed by atoms with Gasteiger partial charge in [-0.15, -0.1) is 0 Å². The molecule has 180 valence electrons. The Balaban J connectivity index is 1.92. The van der Waals surface area contributed by atoms with E-state index in [0.29, 0.717) is 18.6 Å². The van der Waals surface area contributed by atoms with Gasteiger partial charge in [0.05, 0.1) is 12.5 Å². The Morgan fingerprint density at radius 2 is 2.03 bits per heavy atom. The molecule has 0 spiro atoms. The summed E-state index contributed by atoms with van der Waals surface area (Å²) in [5, 5.41) is 12.6. The van der Waals surface area contributed by atoms with E-state index in [1.807, 2.05) is 26.8 Å². The molecular weight excluding hydrogens is 426 g/mol. The van der Waals surface area contributed by atoms with Crippen LogP contribution in [0.5, 0.6) is 0 Å². The van der Waals surface area contributed by atoms with Crippen molar-refractivity contribution in [3.05, 3.63) is 39.7 Å². The van der Waals surface area contributed by atoms with E-state index in [1.165, 1.54) is 4.90 Å². The molecule has 5 atom stereocenters. The molecule has 1 saturated carbocycles. The minimum Gasteiger partial charge on any atom is -0.464 e. The Labute approximate surface area is 194 Å². The van der Waals surface area contributed by atoms with Crippen molar-refractivity contribution in [3.63, 3.8) is 0 Å². The molecule has 4 rings (SSSR count). The minimum absolute atomic E-state index is 0.127. The van der Waals surface area contributed by atoms with Crippen LogP contribution in [0, 0.1) is 21.4 Å². The lowest BCUT2D eigenvalue weighted by atomic mass is 9.72. The van der Waals surface area contributed by atoms with Gasteiger partial charge >= 0.3 is 5.97 Å². The third-order valence-electron chi connectivity index (χ3n) is 7.02. The van der Waals surface area contributed by atoms with Crippen molar-refractivity contribution in [3.8, 4) is 0 Å². The van der Waals surface area contributed by atoms with Gasteiger partial charge in [0.1, 0.15) is 18.2 Å². The lowest BCUT2D eigenvalue weighted by molar-refractivity contribution is -0.536. The molecule has 1 amide bonds. The summed E-state index contributed by atoms with van der Waals surface area (Å²) in [6.45, 7) is 7.91. The lowest BCUT2D eigenvalue weighted by Crippen LogP contribution is -2.50. The number of pyridine rings is 1. The van der Waals surface area contributed by atoms with Crippen LogP contribution in [0.3, 0.4) is 0 Å². The summed E-state index contributed by atoms with van der Waals surface area (Å²) in [7, 11) is 0. The molecule has 9 nitrogen and oxygen atoms in total. The van der Waals surface area contributed by atoms with E-state index in [1.54, 1.807) is 19.2 Å². The molecule has 3 fully saturated rings. The summed E-state index contributed by atoms with van der Waals surface area (Å²) >= 11 is 0. The number of hydrogen-bond donors (Lipinski definition) is 0. The molecule has 0 radical (unpaired) electrons. The first-order chi connectivity index (χ1) is 15.7. The predicted octanol–water partition coefficient (Wildman–Crippen LogP) is 3.26. The first kappa shape index (κ1) is 23.6. The largest absolute Gasteiger partial charge is 0.464 e. The van der Waals surface area contributed by atoms with Crippen molar-refractivity contribution >= 4 is 11.9 Å². The molecule has 0 aromatic carbocycles. The van der Waals surface area contributed by atoms with Gasteiger partial charge in [-0.05, 0) is 44.1 Å². The van der Waals surface area contributed by atoms with Gasteiger partial charge in [-0.1, -0.05) is 26.8 Å². The maximum absolute atomic E-state index is 13.8. The van der Waals surface area contributed by atoms with Crippen molar-refractivity contribution in [2.75, 3.05) is 13.2 Å². The summed E-state index contributed by atoms with van der Waals surface area (Å²) < 4.78 is 11.1. The predicted molar refractivity (Wildman–Crippen MR) is 119 cm³/mol. The second-order valence-electron chi connectivity index (χ2n) is 10.3. The van der Waals surface area contributed by atoms with Gasteiger partial charge in [0.15, 0.2) is 0 Å². The molecule has 2 saturated heterocycles. The van der Waals surface area contributed by atoms with E-state index in [0.717, 1.165) is 25.0 Å². The van der Waals surface area contributed by atoms with Crippen LogP contribution in [0.15, 0.2) is 18.3 Å². The Kier molecular flexibility index (Phi) is 6.44. The Hall–Kier alpha value is -2.55. The maximum atomic E-state index is 13.8. The summed E-state index contributed by atoms with van der Waals surface area (Å²) in [6, 6.07) is 0.405. The zero-order valence-corrected chi connectivity index (χ0v) is 19.7. The number of rotatable bonds is 6. The van der Waals surface area contributed by atoms with E-state index in [9.17, 15) is 19.7 Å². The zero-order chi connectivity index (χ0) is 23.9. The third kappa shape index (κ3) is 4.35. The average Bonchev–Trinajstić information content (AvgIpc) is 3.32. The highest BCUT2D eigenvalue weighted by Crippen LogP contribution is 2.52. The van der Waals surface area contributed by atoms with Crippen LogP contribution in [-0.4, -0.2) is 58.1 Å². The molecule has 3 aliphatic rings. The van der Waals surface area contributed by atoms with E-state index >= 15 is 0 Å². The highest BCUT2D eigenvalue weighted by atomic mass is 16.6. The molecule has 2 aliphatic heterocycles. The molecule has 1 aromatic rings. The number of carbonyl (C=O) groups excluding carboxylic acids is 2. The smallest absolute Gasteiger partial charge is 0.329 e. The molecule has 9 heteroatoms. The second kappa shape index (κ2) is 9.00. The van der Waals surface area contributed by atoms with Gasteiger partial charge < -0.3 is 14.4 Å². The highest BCUT2D eigenvalue weighted by molar-refractivity contribution is 5.89. The summed E-state index contributed by atoms with van der Waals surface area (Å²) in [5.74, 6) is -1.49. The third-order valence-corrected chi connectivity index (χ3v) is 7.02. The number of aromatic nitrogens is 1. The number of amides is 1. The number of likely N-dealkylation sites (tertiary alicyclic amines) is 1. The number of ether oxygens (including phenoxy) is 2. The molecule has 3 heterocycles. The molecule has 0 unspecified atom stereocenters. The fourth-order valence-corrected chi connectivity index (χ4v) is 5.54. The van der Waals surface area contributed by atoms with Crippen molar-refractivity contribution < 1.29 is 24.0 Å². The number of nitrogens with zero attached hydrogens (tertiary/aromatic N) is 3. The van der Waals surface area contributed by atoms with Crippen molar-refractivity contribution in [2.24, 2.45) is 11.3 Å². The standard InChI is InChI=1S/C24H33N3O6/c1-5-32-23(29)21-17(24(2,3)4)20(27(30)31)19(26(21)22(28)16-9-7-13-33-16)15-8-6-12-25-18(15)14-10-11-14/h6,8,12,14,16-17,19-21H,5,7,9-11,13H2,1-4H3/t16-,17-,19-,20-,21-/m0/s1. The molecule has 0 bridgehead atoms. The molecule has 33 heavy (non-hydrogen) atoms. The Bertz CT molecular complexity index is 919. The fourth-order valence-electron chi connectivity index (χ4n) is 5.54. The van der Waals surface area contributed by atoms with E-state index < -0.39 is 41.5 Å². The number of esters is 1. The lowest BCUT2D eigenvalue weighted by Gasteiger charge is -2.34. The number of carbonyl (C=O) groups is 2. The van der Waals surface area contributed by atoms with Crippen molar-refractivity contribution in [1.29, 1.82) is 0 Å². The van der Waals surface area contributed by atoms with E-state index in [-0.39, 0.29) is 23.4 Å². The number of hydrogen-bond acceptors (Lipinski definition) is 7. The summed E-state index contributed by atoms with van der Waals surface area (Å²) in [6.07, 6.45) is 4.16. The Morgan fingerprint density at radius 3 is 2.58 bits per heavy atom. The van der Waals surface area contributed by atoms with Gasteiger partial charge in [-0.2, -0.15) is 0 Å². The van der Waals surface area contributed by atoms with Gasteiger partial charge in [0, 0.05) is 34.9 Å². The number of nitro groups is 1. The summed E-state index contributed by atoms with van der Waals surface area (Å²) in [5.41, 5.74) is 0.812. The van der Waals surface area contributed by atoms with Crippen molar-refractivity contribution in [2.45, 2.75) is 83.5 Å². The SMILES string of the molecule is CCOC(=O)[C@@H]1[C@@H](C(C)(C)C)[C@H]([N+](=O)[O-])[C@H](c2cccnc2C2CC2)N1C(=O)[C@@H]1CCCO1. The highest BCUT2D eigenvalue weighted by Gasteiger charge is 2.65. The molecular formula is C24H33N3O6. The first-order valence-corrected chi connectivity index (χ1v) is 11.9. The Morgan fingerprint density at radius 1 is 1.30 bits per heavy atom. The van der Waals surface area contributed by atoms with Gasteiger partial charge in [0.2, 0.25) is 6.04 Å². The second-order valence-corrected chi connectivity index (χ2v) is 10.3. The van der Waals surface area contributed by atoms with Crippen molar-refractivity contribution in [1.82, 2.24) is 9.88 Å². The molecule has 1 aliphatic carbocycles. The first-order valence-electron chi connectivity index (χ1n) is 11.9. The van der Waals surface area contributed by atoms with Crippen LogP contribution in [0.1, 0.15) is 76.6 Å². The topological polar surface area (TPSA) is 112 Å². The van der Waals surface area contributed by atoms with Crippen LogP contribution >= 0.6 is 0 Å². The minimum atomic E-state index is -1.17. The van der Waals surface area contributed by atoms with Crippen LogP contribution < -0.4 is 0 Å². The monoisotopic (exact) mass is 459 g/mol. The quantitative estimate of drug-likeness (QED) is 0.365. The van der Waals surface area contributed by atoms with Gasteiger partial charge in [0.25, 0.3) is 5.91 Å². The van der Waals surface area contributed by atoms with E-state index in [2.05, 4.69) is 4.98 Å². The van der Waals surface area contributed by atoms with Gasteiger partial charge in [-0.25, -0.2) is 4.79 Å². The van der Waals surface area contributed by atoms with Crippen LogP contribution in [0.4, 0.5) is 0 Å².